The Kier molecular flexibility index (Phi) is 10.9. The minimum Gasteiger partial charge on any atom is -0.481 e. The molecule has 0 saturated heterocycles. The summed E-state index contributed by atoms with van der Waals surface area (Å²) in [7, 11) is 0. The predicted molar refractivity (Wildman–Crippen MR) is 110 cm³/mol. The lowest BCUT2D eigenvalue weighted by atomic mass is 10.1. The fourth-order valence-corrected chi connectivity index (χ4v) is 2.53. The second-order valence-corrected chi connectivity index (χ2v) is 7.15. The van der Waals surface area contributed by atoms with Crippen LogP contribution in [0.5, 0.6) is 0 Å². The van der Waals surface area contributed by atoms with Crippen molar-refractivity contribution in [1.82, 2.24) is 16.0 Å². The van der Waals surface area contributed by atoms with Crippen LogP contribution in [0.25, 0.3) is 0 Å². The van der Waals surface area contributed by atoms with E-state index in [-0.39, 0.29) is 18.7 Å². The minimum atomic E-state index is -1.29. The molecule has 0 spiro atoms. The van der Waals surface area contributed by atoms with Crippen molar-refractivity contribution in [1.29, 1.82) is 0 Å². The van der Waals surface area contributed by atoms with Crippen molar-refractivity contribution in [3.63, 3.8) is 0 Å². The Balaban J connectivity index is 2.13. The lowest BCUT2D eigenvalue weighted by Crippen LogP contribution is -2.45. The zero-order chi connectivity index (χ0) is 20.9. The summed E-state index contributed by atoms with van der Waals surface area (Å²) in [5, 5.41) is 25.0. The van der Waals surface area contributed by atoms with Crippen LogP contribution in [0, 0.1) is 10.1 Å². The Morgan fingerprint density at radius 2 is 1.75 bits per heavy atom. The van der Waals surface area contributed by atoms with E-state index in [0.29, 0.717) is 31.4 Å². The van der Waals surface area contributed by atoms with Gasteiger partial charge in [0.05, 0.1) is 6.54 Å². The Morgan fingerprint density at radius 1 is 1.07 bits per heavy atom. The highest BCUT2D eigenvalue weighted by atomic mass is 127. The summed E-state index contributed by atoms with van der Waals surface area (Å²) in [5.74, 6) is -2.56. The van der Waals surface area contributed by atoms with Crippen LogP contribution in [0.4, 0.5) is 4.79 Å². The number of carboxylic acids is 2. The smallest absolute Gasteiger partial charge is 0.326 e. The van der Waals surface area contributed by atoms with E-state index in [1.165, 1.54) is 6.54 Å². The maximum Gasteiger partial charge on any atom is 0.326 e. The number of rotatable bonds is 12. The molecule has 0 heterocycles. The van der Waals surface area contributed by atoms with Gasteiger partial charge in [-0.2, -0.15) is 0 Å². The van der Waals surface area contributed by atoms with E-state index < -0.39 is 24.0 Å². The molecule has 5 N–H and O–H groups in total. The largest absolute Gasteiger partial charge is 0.481 e. The summed E-state index contributed by atoms with van der Waals surface area (Å²) in [5.41, 5.74) is 0.598. The van der Waals surface area contributed by atoms with Gasteiger partial charge in [-0.05, 0) is 72.5 Å². The highest BCUT2D eigenvalue weighted by Crippen LogP contribution is 2.06. The number of nitrogens with one attached hydrogen (secondary N) is 3. The number of unbranched alkanes of at least 4 members (excludes halogenated alkanes) is 2. The van der Waals surface area contributed by atoms with Crippen LogP contribution in [0.2, 0.25) is 0 Å². The number of hydrogen-bond acceptors (Lipinski definition) is 4. The first-order chi connectivity index (χ1) is 13.3. The fraction of sp³-hybridized carbons (Fsp3) is 0.389. The van der Waals surface area contributed by atoms with E-state index in [1.807, 2.05) is 12.1 Å². The number of hydrogen-bond donors (Lipinski definition) is 5. The second-order valence-electron chi connectivity index (χ2n) is 5.90. The molecule has 153 valence electrons. The zero-order valence-corrected chi connectivity index (χ0v) is 17.3. The number of halogens is 1. The highest BCUT2D eigenvalue weighted by Gasteiger charge is 2.20. The number of carboxylic acid groups (broad SMARTS) is 2. The molecule has 0 aliphatic carbocycles. The summed E-state index contributed by atoms with van der Waals surface area (Å²) in [6, 6.07) is 5.27. The molecule has 1 atom stereocenters. The van der Waals surface area contributed by atoms with E-state index in [0.717, 1.165) is 3.57 Å². The van der Waals surface area contributed by atoms with Gasteiger partial charge in [0.2, 0.25) is 0 Å². The number of carbonyl (C=O) groups excluding carboxylic acids is 2. The molecule has 1 radical (unpaired) electrons. The van der Waals surface area contributed by atoms with Crippen LogP contribution in [0.15, 0.2) is 24.3 Å². The van der Waals surface area contributed by atoms with Crippen LogP contribution in [0.3, 0.4) is 0 Å². The quantitative estimate of drug-likeness (QED) is 0.218. The van der Waals surface area contributed by atoms with Crippen LogP contribution in [-0.4, -0.2) is 46.7 Å². The number of urea groups is 1. The molecule has 0 aromatic heterocycles. The van der Waals surface area contributed by atoms with Crippen molar-refractivity contribution in [2.24, 2.45) is 0 Å². The average molecular weight is 504 g/mol. The second kappa shape index (κ2) is 12.9. The van der Waals surface area contributed by atoms with E-state index >= 15 is 0 Å². The number of amides is 3. The van der Waals surface area contributed by atoms with Crippen LogP contribution in [0.1, 0.15) is 42.5 Å². The molecular formula is C18H23IN3O6. The summed E-state index contributed by atoms with van der Waals surface area (Å²) in [4.78, 5) is 45.0. The van der Waals surface area contributed by atoms with Gasteiger partial charge in [0, 0.05) is 22.1 Å². The molecule has 0 saturated carbocycles. The average Bonchev–Trinajstić information content (AvgIpc) is 2.64. The molecule has 28 heavy (non-hydrogen) atoms. The van der Waals surface area contributed by atoms with Gasteiger partial charge in [0.1, 0.15) is 6.04 Å². The third-order valence-corrected chi connectivity index (χ3v) is 4.37. The predicted octanol–water partition coefficient (Wildman–Crippen LogP) is 1.97. The van der Waals surface area contributed by atoms with Gasteiger partial charge in [0.25, 0.3) is 5.91 Å². The maximum absolute atomic E-state index is 11.9. The summed E-state index contributed by atoms with van der Waals surface area (Å²) in [6.45, 7) is 1.99. The molecule has 0 aliphatic rings. The summed E-state index contributed by atoms with van der Waals surface area (Å²) in [6.07, 6.45) is 1.42. The van der Waals surface area contributed by atoms with E-state index in [1.54, 1.807) is 12.1 Å². The lowest BCUT2D eigenvalue weighted by Gasteiger charge is -2.14. The van der Waals surface area contributed by atoms with Crippen LogP contribution in [-0.2, 0) is 9.59 Å². The SMILES string of the molecule is O=C(O)CCC(NC(=O)N[CH]CCCCNC(=O)c1ccc(I)cc1)C(=O)O. The molecule has 1 unspecified atom stereocenters. The van der Waals surface area contributed by atoms with E-state index in [9.17, 15) is 19.2 Å². The van der Waals surface area contributed by atoms with Gasteiger partial charge >= 0.3 is 18.0 Å². The molecule has 1 rings (SSSR count). The van der Waals surface area contributed by atoms with Gasteiger partial charge in [-0.3, -0.25) is 9.59 Å². The number of aliphatic carboxylic acids is 2. The van der Waals surface area contributed by atoms with Gasteiger partial charge < -0.3 is 26.2 Å². The van der Waals surface area contributed by atoms with Crippen LogP contribution >= 0.6 is 22.6 Å². The van der Waals surface area contributed by atoms with Gasteiger partial charge in [-0.25, -0.2) is 9.59 Å². The molecule has 0 bridgehead atoms. The van der Waals surface area contributed by atoms with Crippen molar-refractivity contribution >= 4 is 46.5 Å². The fourth-order valence-electron chi connectivity index (χ4n) is 2.17. The summed E-state index contributed by atoms with van der Waals surface area (Å²) < 4.78 is 1.05. The van der Waals surface area contributed by atoms with Crippen molar-refractivity contribution in [3.05, 3.63) is 39.9 Å². The van der Waals surface area contributed by atoms with E-state index in [4.69, 9.17) is 10.2 Å². The normalized spacial score (nSPS) is 11.3. The van der Waals surface area contributed by atoms with Crippen molar-refractivity contribution < 1.29 is 29.4 Å². The first kappa shape index (κ1) is 23.7. The van der Waals surface area contributed by atoms with Crippen molar-refractivity contribution in [3.8, 4) is 0 Å². The molecule has 1 aromatic rings. The molecule has 0 fully saturated rings. The first-order valence-corrected chi connectivity index (χ1v) is 9.74. The Labute approximate surface area is 176 Å². The van der Waals surface area contributed by atoms with Crippen LogP contribution < -0.4 is 16.0 Å². The standard InChI is InChI=1S/C18H23IN3O6/c19-13-6-4-12(5-7-13)16(25)20-10-2-1-3-11-21-18(28)22-14(17(26)27)8-9-15(23)24/h4-7,11,14H,1-3,8-10H2,(H,20,25)(H,23,24)(H,26,27)(H2,21,22,28). The van der Waals surface area contributed by atoms with Gasteiger partial charge in [0.15, 0.2) is 0 Å². The molecule has 10 heteroatoms. The zero-order valence-electron chi connectivity index (χ0n) is 15.1. The molecule has 1 aromatic carbocycles. The monoisotopic (exact) mass is 504 g/mol. The highest BCUT2D eigenvalue weighted by molar-refractivity contribution is 14.1. The third kappa shape index (κ3) is 10.1. The van der Waals surface area contributed by atoms with Crippen molar-refractivity contribution in [2.75, 3.05) is 6.54 Å². The Bertz CT molecular complexity index is 680. The van der Waals surface area contributed by atoms with E-state index in [2.05, 4.69) is 38.5 Å². The lowest BCUT2D eigenvalue weighted by molar-refractivity contribution is -0.140. The topological polar surface area (TPSA) is 145 Å². The molecular weight excluding hydrogens is 481 g/mol. The Hall–Kier alpha value is -2.37. The van der Waals surface area contributed by atoms with Crippen molar-refractivity contribution in [2.45, 2.75) is 38.1 Å². The maximum atomic E-state index is 11.9. The first-order valence-electron chi connectivity index (χ1n) is 8.66. The Morgan fingerprint density at radius 3 is 2.36 bits per heavy atom. The molecule has 0 aliphatic heterocycles. The molecule has 3 amide bonds. The summed E-state index contributed by atoms with van der Waals surface area (Å²) >= 11 is 2.17. The minimum absolute atomic E-state index is 0.140. The van der Waals surface area contributed by atoms with Gasteiger partial charge in [-0.1, -0.05) is 0 Å². The number of carbonyl (C=O) groups is 4. The van der Waals surface area contributed by atoms with Gasteiger partial charge in [-0.15, -0.1) is 0 Å². The molecule has 9 nitrogen and oxygen atoms in total. The number of benzene rings is 1. The third-order valence-electron chi connectivity index (χ3n) is 3.65.